The van der Waals surface area contributed by atoms with Crippen LogP contribution in [0.1, 0.15) is 45.6 Å². The summed E-state index contributed by atoms with van der Waals surface area (Å²) in [5.74, 6) is -0.516. The lowest BCUT2D eigenvalue weighted by Crippen LogP contribution is -2.12. The number of nitrogens with zero attached hydrogens (tertiary/aromatic N) is 2. The van der Waals surface area contributed by atoms with Crippen LogP contribution in [0.25, 0.3) is 0 Å². The lowest BCUT2D eigenvalue weighted by molar-refractivity contribution is 0.0600. The fourth-order valence-electron chi connectivity index (χ4n) is 2.23. The van der Waals surface area contributed by atoms with Gasteiger partial charge in [0, 0.05) is 12.2 Å². The van der Waals surface area contributed by atoms with Crippen molar-refractivity contribution in [2.75, 3.05) is 19.0 Å². The average Bonchev–Trinajstić information content (AvgIpc) is 3.25. The van der Waals surface area contributed by atoms with Crippen LogP contribution >= 0.6 is 0 Å². The van der Waals surface area contributed by atoms with Crippen LogP contribution in [0.15, 0.2) is 28.7 Å². The van der Waals surface area contributed by atoms with Crippen LogP contribution in [0.4, 0.5) is 6.01 Å². The van der Waals surface area contributed by atoms with Crippen molar-refractivity contribution in [1.29, 1.82) is 0 Å². The first kappa shape index (κ1) is 15.2. The third-order valence-corrected chi connectivity index (χ3v) is 3.43. The smallest absolute Gasteiger partial charge is 0.337 e. The van der Waals surface area contributed by atoms with E-state index in [9.17, 15) is 9.59 Å². The molecule has 120 valence electrons. The zero-order chi connectivity index (χ0) is 16.2. The molecule has 1 atom stereocenters. The van der Waals surface area contributed by atoms with Gasteiger partial charge in [0.2, 0.25) is 5.89 Å². The van der Waals surface area contributed by atoms with Gasteiger partial charge >= 0.3 is 12.0 Å². The lowest BCUT2D eigenvalue weighted by atomic mass is 10.1. The summed E-state index contributed by atoms with van der Waals surface area (Å²) in [6.07, 6.45) is 1.57. The standard InChI is InChI=1S/C15H15N3O5/c1-21-14(20)10-6-4-9(5-7-10)12(19)16-15-18-17-13(23-15)11-3-2-8-22-11/h4-7,11H,2-3,8H2,1H3,(H,16,18,19)/t11-/m1/s1. The van der Waals surface area contributed by atoms with Crippen molar-refractivity contribution >= 4 is 17.9 Å². The van der Waals surface area contributed by atoms with Crippen molar-refractivity contribution < 1.29 is 23.5 Å². The number of hydrogen-bond donors (Lipinski definition) is 1. The SMILES string of the molecule is COC(=O)c1ccc(C(=O)Nc2nnc([C@H]3CCCO3)o2)cc1. The van der Waals surface area contributed by atoms with Gasteiger partial charge in [-0.25, -0.2) is 4.79 Å². The van der Waals surface area contributed by atoms with Crippen LogP contribution < -0.4 is 5.32 Å². The molecule has 23 heavy (non-hydrogen) atoms. The van der Waals surface area contributed by atoms with Crippen molar-refractivity contribution in [2.45, 2.75) is 18.9 Å². The summed E-state index contributed by atoms with van der Waals surface area (Å²) in [5.41, 5.74) is 0.719. The van der Waals surface area contributed by atoms with Crippen LogP contribution in [0.5, 0.6) is 0 Å². The fraction of sp³-hybridized carbons (Fsp3) is 0.333. The number of hydrogen-bond acceptors (Lipinski definition) is 7. The largest absolute Gasteiger partial charge is 0.465 e. The topological polar surface area (TPSA) is 104 Å². The number of carbonyl (C=O) groups excluding carboxylic acids is 2. The number of amides is 1. The molecule has 0 unspecified atom stereocenters. The van der Waals surface area contributed by atoms with E-state index >= 15 is 0 Å². The Morgan fingerprint density at radius 3 is 2.61 bits per heavy atom. The van der Waals surface area contributed by atoms with Crippen LogP contribution in [0.3, 0.4) is 0 Å². The van der Waals surface area contributed by atoms with Gasteiger partial charge in [0.1, 0.15) is 6.10 Å². The average molecular weight is 317 g/mol. The predicted molar refractivity (Wildman–Crippen MR) is 78.0 cm³/mol. The van der Waals surface area contributed by atoms with Crippen LogP contribution in [-0.2, 0) is 9.47 Å². The van der Waals surface area contributed by atoms with Crippen molar-refractivity contribution in [3.63, 3.8) is 0 Å². The van der Waals surface area contributed by atoms with E-state index in [-0.39, 0.29) is 12.1 Å². The molecule has 8 nitrogen and oxygen atoms in total. The van der Waals surface area contributed by atoms with Gasteiger partial charge < -0.3 is 13.9 Å². The molecular weight excluding hydrogens is 302 g/mol. The number of anilines is 1. The summed E-state index contributed by atoms with van der Waals surface area (Å²) in [6.45, 7) is 0.668. The van der Waals surface area contributed by atoms with Crippen molar-refractivity contribution in [3.8, 4) is 0 Å². The van der Waals surface area contributed by atoms with E-state index in [1.165, 1.54) is 31.4 Å². The molecule has 0 radical (unpaired) electrons. The van der Waals surface area contributed by atoms with E-state index in [1.807, 2.05) is 0 Å². The number of aromatic nitrogens is 2. The molecule has 2 aromatic rings. The Kier molecular flexibility index (Phi) is 4.33. The molecule has 1 aliphatic rings. The second kappa shape index (κ2) is 6.57. The Morgan fingerprint density at radius 1 is 1.22 bits per heavy atom. The highest BCUT2D eigenvalue weighted by molar-refractivity contribution is 6.03. The Morgan fingerprint density at radius 2 is 1.96 bits per heavy atom. The second-order valence-corrected chi connectivity index (χ2v) is 4.97. The summed E-state index contributed by atoms with van der Waals surface area (Å²) in [5, 5.41) is 10.2. The number of esters is 1. The molecule has 1 fully saturated rings. The minimum Gasteiger partial charge on any atom is -0.465 e. The molecule has 0 saturated carbocycles. The summed E-state index contributed by atoms with van der Waals surface area (Å²) in [4.78, 5) is 23.5. The van der Waals surface area contributed by atoms with E-state index in [1.54, 1.807) is 0 Å². The Balaban J connectivity index is 1.65. The van der Waals surface area contributed by atoms with Crippen LogP contribution in [0.2, 0.25) is 0 Å². The summed E-state index contributed by atoms with van der Waals surface area (Å²) >= 11 is 0. The summed E-state index contributed by atoms with van der Waals surface area (Å²) < 4.78 is 15.4. The van der Waals surface area contributed by atoms with Gasteiger partial charge in [-0.05, 0) is 37.1 Å². The zero-order valence-corrected chi connectivity index (χ0v) is 12.4. The lowest BCUT2D eigenvalue weighted by Gasteiger charge is -2.03. The van der Waals surface area contributed by atoms with Gasteiger partial charge in [0.15, 0.2) is 0 Å². The number of carbonyl (C=O) groups is 2. The highest BCUT2D eigenvalue weighted by atomic mass is 16.5. The van der Waals surface area contributed by atoms with Crippen molar-refractivity contribution in [2.24, 2.45) is 0 Å². The summed E-state index contributed by atoms with van der Waals surface area (Å²) in [7, 11) is 1.30. The number of nitrogens with one attached hydrogen (secondary N) is 1. The zero-order valence-electron chi connectivity index (χ0n) is 12.4. The molecule has 0 spiro atoms. The molecule has 1 aromatic carbocycles. The normalized spacial score (nSPS) is 17.0. The van der Waals surface area contributed by atoms with Gasteiger partial charge in [-0.2, -0.15) is 0 Å². The van der Waals surface area contributed by atoms with Crippen LogP contribution in [-0.4, -0.2) is 35.8 Å². The number of ether oxygens (including phenoxy) is 2. The van der Waals surface area contributed by atoms with Gasteiger partial charge in [-0.1, -0.05) is 5.10 Å². The van der Waals surface area contributed by atoms with E-state index in [2.05, 4.69) is 20.3 Å². The fourth-order valence-corrected chi connectivity index (χ4v) is 2.23. The minimum absolute atomic E-state index is 0.0116. The monoisotopic (exact) mass is 317 g/mol. The van der Waals surface area contributed by atoms with E-state index in [0.29, 0.717) is 23.6 Å². The van der Waals surface area contributed by atoms with E-state index in [4.69, 9.17) is 9.15 Å². The molecule has 1 aromatic heterocycles. The third kappa shape index (κ3) is 3.37. The number of benzene rings is 1. The molecule has 0 aliphatic carbocycles. The Bertz CT molecular complexity index is 704. The summed E-state index contributed by atoms with van der Waals surface area (Å²) in [6, 6.07) is 6.05. The molecular formula is C15H15N3O5. The first-order valence-corrected chi connectivity index (χ1v) is 7.12. The maximum atomic E-state index is 12.1. The first-order valence-electron chi connectivity index (χ1n) is 7.12. The van der Waals surface area contributed by atoms with Gasteiger partial charge in [0.05, 0.1) is 12.7 Å². The molecule has 0 bridgehead atoms. The Labute approximate surface area is 131 Å². The highest BCUT2D eigenvalue weighted by Gasteiger charge is 2.24. The molecule has 1 N–H and O–H groups in total. The van der Waals surface area contributed by atoms with Crippen LogP contribution in [0, 0.1) is 0 Å². The molecule has 2 heterocycles. The number of rotatable bonds is 4. The van der Waals surface area contributed by atoms with Gasteiger partial charge in [0.25, 0.3) is 5.91 Å². The quantitative estimate of drug-likeness (QED) is 0.859. The maximum absolute atomic E-state index is 12.1. The second-order valence-electron chi connectivity index (χ2n) is 4.97. The minimum atomic E-state index is -0.463. The number of methoxy groups -OCH3 is 1. The van der Waals surface area contributed by atoms with Crippen molar-refractivity contribution in [3.05, 3.63) is 41.3 Å². The molecule has 1 amide bonds. The van der Waals surface area contributed by atoms with Gasteiger partial charge in [-0.3, -0.25) is 10.1 Å². The molecule has 8 heteroatoms. The van der Waals surface area contributed by atoms with Gasteiger partial charge in [-0.15, -0.1) is 5.10 Å². The van der Waals surface area contributed by atoms with E-state index < -0.39 is 11.9 Å². The predicted octanol–water partition coefficient (Wildman–Crippen LogP) is 1.96. The highest BCUT2D eigenvalue weighted by Crippen LogP contribution is 2.28. The van der Waals surface area contributed by atoms with E-state index in [0.717, 1.165) is 12.8 Å². The maximum Gasteiger partial charge on any atom is 0.337 e. The molecule has 3 rings (SSSR count). The third-order valence-electron chi connectivity index (χ3n) is 3.43. The van der Waals surface area contributed by atoms with Crippen molar-refractivity contribution in [1.82, 2.24) is 10.2 Å². The first-order chi connectivity index (χ1) is 11.2. The molecule has 1 saturated heterocycles. The Hall–Kier alpha value is -2.74. The molecule has 1 aliphatic heterocycles.